The topological polar surface area (TPSA) is 72.9 Å². The van der Waals surface area contributed by atoms with E-state index in [0.29, 0.717) is 0 Å². The predicted molar refractivity (Wildman–Crippen MR) is 44.3 cm³/mol. The van der Waals surface area contributed by atoms with Crippen molar-refractivity contribution in [2.75, 3.05) is 20.3 Å². The molecule has 1 rings (SSSR count). The molecule has 1 heterocycles. The molecule has 0 aromatic rings. The predicted octanol–water partition coefficient (Wildman–Crippen LogP) is -0.0816. The minimum atomic E-state index is -0.639. The molecule has 6 nitrogen and oxygen atoms in total. The number of esters is 1. The number of imide groups is 1. The Bertz CT molecular complexity index is 262. The van der Waals surface area contributed by atoms with Crippen molar-refractivity contribution < 1.29 is 23.9 Å². The molecular formula is C8H11NO5. The van der Waals surface area contributed by atoms with Gasteiger partial charge in [-0.25, -0.2) is 9.69 Å². The largest absolute Gasteiger partial charge is 0.469 e. The lowest BCUT2D eigenvalue weighted by atomic mass is 10.3. The van der Waals surface area contributed by atoms with Gasteiger partial charge in [0.1, 0.15) is 6.61 Å². The fraction of sp³-hybridized carbons (Fsp3) is 0.625. The van der Waals surface area contributed by atoms with Gasteiger partial charge in [0, 0.05) is 6.42 Å². The third kappa shape index (κ3) is 2.45. The van der Waals surface area contributed by atoms with Gasteiger partial charge in [-0.1, -0.05) is 0 Å². The summed E-state index contributed by atoms with van der Waals surface area (Å²) in [6.45, 7) is 0.488. The van der Waals surface area contributed by atoms with Gasteiger partial charge in [0.05, 0.1) is 20.1 Å². The standard InChI is InChI=1S/C8H11NO5/c1-13-7(11)3-2-6(10)9-4-5-14-8(9)12/h2-5H2,1H3. The normalized spacial score (nSPS) is 15.2. The van der Waals surface area contributed by atoms with E-state index in [1.807, 2.05) is 0 Å². The van der Waals surface area contributed by atoms with Crippen LogP contribution in [0.5, 0.6) is 0 Å². The van der Waals surface area contributed by atoms with Crippen molar-refractivity contribution in [2.45, 2.75) is 12.8 Å². The molecule has 1 aliphatic heterocycles. The number of carbonyl (C=O) groups excluding carboxylic acids is 3. The number of cyclic esters (lactones) is 1. The summed E-state index contributed by atoms with van der Waals surface area (Å²) in [5.74, 6) is -0.871. The number of ether oxygens (including phenoxy) is 2. The summed E-state index contributed by atoms with van der Waals surface area (Å²) in [6, 6.07) is 0. The van der Waals surface area contributed by atoms with Crippen LogP contribution >= 0.6 is 0 Å². The van der Waals surface area contributed by atoms with Crippen molar-refractivity contribution in [2.24, 2.45) is 0 Å². The van der Waals surface area contributed by atoms with E-state index in [1.54, 1.807) is 0 Å². The first kappa shape index (κ1) is 10.5. The number of amides is 2. The second-order valence-electron chi connectivity index (χ2n) is 2.74. The van der Waals surface area contributed by atoms with Crippen molar-refractivity contribution >= 4 is 18.0 Å². The summed E-state index contributed by atoms with van der Waals surface area (Å²) >= 11 is 0. The van der Waals surface area contributed by atoms with E-state index < -0.39 is 18.0 Å². The molecule has 0 aromatic heterocycles. The average Bonchev–Trinajstić information content (AvgIpc) is 2.60. The molecule has 1 saturated heterocycles. The smallest absolute Gasteiger partial charge is 0.416 e. The van der Waals surface area contributed by atoms with Crippen molar-refractivity contribution in [3.63, 3.8) is 0 Å². The first-order valence-electron chi connectivity index (χ1n) is 4.19. The summed E-state index contributed by atoms with van der Waals surface area (Å²) in [7, 11) is 1.25. The molecular weight excluding hydrogens is 190 g/mol. The molecule has 0 radical (unpaired) electrons. The molecule has 1 aliphatic rings. The van der Waals surface area contributed by atoms with E-state index in [1.165, 1.54) is 7.11 Å². The van der Waals surface area contributed by atoms with E-state index >= 15 is 0 Å². The molecule has 0 aliphatic carbocycles. The number of rotatable bonds is 3. The van der Waals surface area contributed by atoms with E-state index in [4.69, 9.17) is 0 Å². The van der Waals surface area contributed by atoms with Crippen molar-refractivity contribution in [1.29, 1.82) is 0 Å². The molecule has 0 atom stereocenters. The number of carbonyl (C=O) groups is 3. The van der Waals surface area contributed by atoms with Crippen molar-refractivity contribution in [3.8, 4) is 0 Å². The Hall–Kier alpha value is -1.59. The van der Waals surface area contributed by atoms with Crippen LogP contribution in [0.25, 0.3) is 0 Å². The third-order valence-corrected chi connectivity index (χ3v) is 1.83. The summed E-state index contributed by atoms with van der Waals surface area (Å²) in [5, 5.41) is 0. The van der Waals surface area contributed by atoms with Gasteiger partial charge in [0.15, 0.2) is 0 Å². The number of nitrogens with zero attached hydrogens (tertiary/aromatic N) is 1. The van der Waals surface area contributed by atoms with Crippen LogP contribution in [0.4, 0.5) is 4.79 Å². The van der Waals surface area contributed by atoms with Crippen LogP contribution in [-0.4, -0.2) is 43.1 Å². The Kier molecular flexibility index (Phi) is 3.44. The summed E-state index contributed by atoms with van der Waals surface area (Å²) in [4.78, 5) is 33.9. The monoisotopic (exact) mass is 201 g/mol. The first-order valence-corrected chi connectivity index (χ1v) is 4.19. The molecule has 0 unspecified atom stereocenters. The van der Waals surface area contributed by atoms with E-state index in [9.17, 15) is 14.4 Å². The highest BCUT2D eigenvalue weighted by molar-refractivity contribution is 5.94. The van der Waals surface area contributed by atoms with Gasteiger partial charge >= 0.3 is 12.1 Å². The van der Waals surface area contributed by atoms with Crippen LogP contribution in [0.3, 0.4) is 0 Å². The molecule has 1 fully saturated rings. The molecule has 0 aromatic carbocycles. The van der Waals surface area contributed by atoms with Crippen LogP contribution in [0.1, 0.15) is 12.8 Å². The van der Waals surface area contributed by atoms with Gasteiger partial charge in [-0.15, -0.1) is 0 Å². The molecule has 0 spiro atoms. The summed E-state index contributed by atoms with van der Waals surface area (Å²) in [5.41, 5.74) is 0. The quantitative estimate of drug-likeness (QED) is 0.597. The van der Waals surface area contributed by atoms with Gasteiger partial charge < -0.3 is 9.47 Å². The van der Waals surface area contributed by atoms with Crippen molar-refractivity contribution in [3.05, 3.63) is 0 Å². The van der Waals surface area contributed by atoms with E-state index in [2.05, 4.69) is 9.47 Å². The maximum absolute atomic E-state index is 11.3. The lowest BCUT2D eigenvalue weighted by Gasteiger charge is -2.09. The average molecular weight is 201 g/mol. The van der Waals surface area contributed by atoms with Gasteiger partial charge in [0.2, 0.25) is 5.91 Å². The van der Waals surface area contributed by atoms with Gasteiger partial charge in [0.25, 0.3) is 0 Å². The van der Waals surface area contributed by atoms with Gasteiger partial charge in [-0.3, -0.25) is 9.59 Å². The minimum absolute atomic E-state index is 0.0148. The first-order chi connectivity index (χ1) is 6.65. The third-order valence-electron chi connectivity index (χ3n) is 1.83. The molecule has 0 saturated carbocycles. The van der Waals surface area contributed by atoms with Gasteiger partial charge in [-0.05, 0) is 0 Å². The minimum Gasteiger partial charge on any atom is -0.469 e. The van der Waals surface area contributed by atoms with Crippen LogP contribution in [-0.2, 0) is 19.1 Å². The Morgan fingerprint density at radius 2 is 2.21 bits per heavy atom. The number of hydrogen-bond acceptors (Lipinski definition) is 5. The molecule has 0 N–H and O–H groups in total. The molecule has 2 amide bonds. The number of methoxy groups -OCH3 is 1. The van der Waals surface area contributed by atoms with Crippen LogP contribution in [0.2, 0.25) is 0 Å². The van der Waals surface area contributed by atoms with E-state index in [0.717, 1.165) is 4.90 Å². The maximum Gasteiger partial charge on any atom is 0.416 e. The van der Waals surface area contributed by atoms with Crippen LogP contribution in [0.15, 0.2) is 0 Å². The Morgan fingerprint density at radius 3 is 2.71 bits per heavy atom. The molecule has 6 heteroatoms. The second kappa shape index (κ2) is 4.59. The Morgan fingerprint density at radius 1 is 1.50 bits per heavy atom. The zero-order valence-electron chi connectivity index (χ0n) is 7.82. The highest BCUT2D eigenvalue weighted by Gasteiger charge is 2.28. The van der Waals surface area contributed by atoms with Crippen molar-refractivity contribution in [1.82, 2.24) is 4.90 Å². The molecule has 78 valence electrons. The molecule has 0 bridgehead atoms. The number of hydrogen-bond donors (Lipinski definition) is 0. The van der Waals surface area contributed by atoms with Crippen LogP contribution in [0, 0.1) is 0 Å². The second-order valence-corrected chi connectivity index (χ2v) is 2.74. The lowest BCUT2D eigenvalue weighted by Crippen LogP contribution is -2.31. The zero-order valence-corrected chi connectivity index (χ0v) is 7.82. The van der Waals surface area contributed by atoms with Crippen LogP contribution < -0.4 is 0 Å². The fourth-order valence-corrected chi connectivity index (χ4v) is 1.07. The molecule has 14 heavy (non-hydrogen) atoms. The SMILES string of the molecule is COC(=O)CCC(=O)N1CCOC1=O. The Labute approximate surface area is 80.8 Å². The van der Waals surface area contributed by atoms with E-state index in [-0.39, 0.29) is 26.0 Å². The Balaban J connectivity index is 2.34. The maximum atomic E-state index is 11.3. The lowest BCUT2D eigenvalue weighted by molar-refractivity contribution is -0.143. The fourth-order valence-electron chi connectivity index (χ4n) is 1.07. The summed E-state index contributed by atoms with van der Waals surface area (Å²) in [6.07, 6.45) is -0.680. The van der Waals surface area contributed by atoms with Gasteiger partial charge in [-0.2, -0.15) is 0 Å². The highest BCUT2D eigenvalue weighted by Crippen LogP contribution is 2.07. The summed E-state index contributed by atoms with van der Waals surface area (Å²) < 4.78 is 8.93. The zero-order chi connectivity index (χ0) is 10.6. The highest BCUT2D eigenvalue weighted by atomic mass is 16.6.